The van der Waals surface area contributed by atoms with E-state index in [9.17, 15) is 4.79 Å². The van der Waals surface area contributed by atoms with E-state index in [-0.39, 0.29) is 12.0 Å². The summed E-state index contributed by atoms with van der Waals surface area (Å²) in [5.41, 5.74) is 0.451. The van der Waals surface area contributed by atoms with Crippen LogP contribution < -0.4 is 14.2 Å². The topological polar surface area (TPSA) is 60.9 Å². The monoisotopic (exact) mass is 334 g/mol. The highest BCUT2D eigenvalue weighted by atomic mass is 32.1. The fraction of sp³-hybridized carbons (Fsp3) is 0.375. The molecule has 7 heteroatoms. The molecule has 3 rings (SSSR count). The Morgan fingerprint density at radius 2 is 2.04 bits per heavy atom. The van der Waals surface area contributed by atoms with Gasteiger partial charge in [-0.2, -0.15) is 0 Å². The van der Waals surface area contributed by atoms with Gasteiger partial charge in [0.25, 0.3) is 11.1 Å². The van der Waals surface area contributed by atoms with Gasteiger partial charge in [-0.05, 0) is 12.1 Å². The molecule has 2 heterocycles. The summed E-state index contributed by atoms with van der Waals surface area (Å²) in [6.45, 7) is 1.16. The first kappa shape index (κ1) is 15.6. The average Bonchev–Trinajstić information content (AvgIpc) is 3.25. The number of amides is 1. The Labute approximate surface area is 138 Å². The number of benzene rings is 1. The molecule has 6 nitrogen and oxygen atoms in total. The van der Waals surface area contributed by atoms with Crippen molar-refractivity contribution in [1.82, 2.24) is 9.88 Å². The van der Waals surface area contributed by atoms with Gasteiger partial charge in [-0.25, -0.2) is 4.98 Å². The second-order valence-electron chi connectivity index (χ2n) is 5.12. The maximum absolute atomic E-state index is 12.9. The molecule has 0 N–H and O–H groups in total. The fourth-order valence-electron chi connectivity index (χ4n) is 2.64. The molecule has 1 aromatic carbocycles. The van der Waals surface area contributed by atoms with Crippen LogP contribution >= 0.6 is 11.3 Å². The van der Waals surface area contributed by atoms with E-state index in [2.05, 4.69) is 4.98 Å². The summed E-state index contributed by atoms with van der Waals surface area (Å²) in [7, 11) is 3.09. The molecule has 1 saturated heterocycles. The summed E-state index contributed by atoms with van der Waals surface area (Å²) >= 11 is 1.45. The van der Waals surface area contributed by atoms with Crippen LogP contribution in [0.3, 0.4) is 0 Å². The van der Waals surface area contributed by atoms with Crippen LogP contribution in [0, 0.1) is 0 Å². The van der Waals surface area contributed by atoms with Crippen LogP contribution in [0.5, 0.6) is 16.7 Å². The van der Waals surface area contributed by atoms with Gasteiger partial charge in [0.2, 0.25) is 0 Å². The summed E-state index contributed by atoms with van der Waals surface area (Å²) in [5.74, 6) is 0.918. The predicted molar refractivity (Wildman–Crippen MR) is 86.6 cm³/mol. The molecule has 1 unspecified atom stereocenters. The number of hydrogen-bond acceptors (Lipinski definition) is 6. The van der Waals surface area contributed by atoms with Crippen LogP contribution in [-0.2, 0) is 0 Å². The summed E-state index contributed by atoms with van der Waals surface area (Å²) in [6.07, 6.45) is 2.45. The van der Waals surface area contributed by atoms with Crippen molar-refractivity contribution in [1.29, 1.82) is 0 Å². The van der Waals surface area contributed by atoms with Gasteiger partial charge >= 0.3 is 0 Å². The molecule has 1 amide bonds. The Balaban J connectivity index is 1.74. The number of methoxy groups -OCH3 is 2. The van der Waals surface area contributed by atoms with Gasteiger partial charge in [-0.15, -0.1) is 0 Å². The smallest absolute Gasteiger partial charge is 0.273 e. The number of rotatable bonds is 5. The van der Waals surface area contributed by atoms with Gasteiger partial charge in [0, 0.05) is 24.5 Å². The zero-order chi connectivity index (χ0) is 16.2. The van der Waals surface area contributed by atoms with Crippen LogP contribution in [0.1, 0.15) is 16.8 Å². The Hall–Kier alpha value is -2.28. The van der Waals surface area contributed by atoms with E-state index < -0.39 is 0 Å². The summed E-state index contributed by atoms with van der Waals surface area (Å²) in [5, 5.41) is 2.51. The number of aromatic nitrogens is 1. The maximum Gasteiger partial charge on any atom is 0.273 e. The normalized spacial score (nSPS) is 17.1. The lowest BCUT2D eigenvalue weighted by molar-refractivity contribution is 0.0765. The molecule has 122 valence electrons. The number of ether oxygens (including phenoxy) is 3. The van der Waals surface area contributed by atoms with E-state index in [4.69, 9.17) is 14.2 Å². The molecule has 1 atom stereocenters. The van der Waals surface area contributed by atoms with Crippen LogP contribution in [-0.4, -0.2) is 49.2 Å². The lowest BCUT2D eigenvalue weighted by Gasteiger charge is -2.19. The van der Waals surface area contributed by atoms with E-state index >= 15 is 0 Å². The highest BCUT2D eigenvalue weighted by Gasteiger charge is 2.31. The van der Waals surface area contributed by atoms with Crippen LogP contribution in [0.2, 0.25) is 0 Å². The third kappa shape index (κ3) is 3.24. The molecule has 0 radical (unpaired) electrons. The minimum atomic E-state index is -0.107. The van der Waals surface area contributed by atoms with Crippen molar-refractivity contribution in [3.05, 3.63) is 35.3 Å². The molecular weight excluding hydrogens is 316 g/mol. The predicted octanol–water partition coefficient (Wildman–Crippen LogP) is 2.45. The Kier molecular flexibility index (Phi) is 4.66. The van der Waals surface area contributed by atoms with Crippen molar-refractivity contribution in [2.75, 3.05) is 27.3 Å². The molecule has 0 saturated carbocycles. The van der Waals surface area contributed by atoms with Gasteiger partial charge in [0.05, 0.1) is 20.8 Å². The number of hydrogen-bond donors (Lipinski definition) is 0. The first-order valence-electron chi connectivity index (χ1n) is 7.29. The van der Waals surface area contributed by atoms with Crippen molar-refractivity contribution in [2.24, 2.45) is 0 Å². The van der Waals surface area contributed by atoms with Crippen molar-refractivity contribution in [3.8, 4) is 16.7 Å². The van der Waals surface area contributed by atoms with Crippen LogP contribution in [0.4, 0.5) is 0 Å². The number of thiazole rings is 1. The summed E-state index contributed by atoms with van der Waals surface area (Å²) in [6, 6.07) is 5.32. The van der Waals surface area contributed by atoms with Gasteiger partial charge in [-0.1, -0.05) is 17.4 Å². The largest absolute Gasteiger partial charge is 0.496 e. The van der Waals surface area contributed by atoms with E-state index in [1.807, 2.05) is 5.38 Å². The number of nitrogens with zero attached hydrogens (tertiary/aromatic N) is 2. The van der Waals surface area contributed by atoms with E-state index in [0.717, 1.165) is 6.42 Å². The van der Waals surface area contributed by atoms with Gasteiger partial charge in [-0.3, -0.25) is 4.79 Å². The third-order valence-electron chi connectivity index (χ3n) is 3.75. The fourth-order valence-corrected chi connectivity index (χ4v) is 3.19. The number of carbonyl (C=O) groups is 1. The first-order valence-corrected chi connectivity index (χ1v) is 8.17. The minimum Gasteiger partial charge on any atom is -0.496 e. The zero-order valence-electron chi connectivity index (χ0n) is 13.0. The number of likely N-dealkylation sites (tertiary alicyclic amines) is 1. The Bertz CT molecular complexity index is 652. The highest BCUT2D eigenvalue weighted by Crippen LogP contribution is 2.31. The van der Waals surface area contributed by atoms with E-state index in [1.54, 1.807) is 43.5 Å². The molecule has 1 aliphatic rings. The lowest BCUT2D eigenvalue weighted by Crippen LogP contribution is -2.31. The summed E-state index contributed by atoms with van der Waals surface area (Å²) < 4.78 is 16.4. The second kappa shape index (κ2) is 6.87. The molecule has 0 spiro atoms. The molecular formula is C16H18N2O4S. The third-order valence-corrected chi connectivity index (χ3v) is 4.41. The average molecular weight is 334 g/mol. The van der Waals surface area contributed by atoms with Crippen molar-refractivity contribution < 1.29 is 19.0 Å². The van der Waals surface area contributed by atoms with Crippen LogP contribution in [0.15, 0.2) is 29.8 Å². The van der Waals surface area contributed by atoms with E-state index in [0.29, 0.717) is 35.3 Å². The number of carbonyl (C=O) groups excluding carboxylic acids is 1. The van der Waals surface area contributed by atoms with Gasteiger partial charge in [0.15, 0.2) is 0 Å². The summed E-state index contributed by atoms with van der Waals surface area (Å²) in [4.78, 5) is 18.7. The molecule has 1 aliphatic heterocycles. The molecule has 1 aromatic heterocycles. The molecule has 2 aromatic rings. The van der Waals surface area contributed by atoms with E-state index in [1.165, 1.54) is 11.3 Å². The molecule has 0 bridgehead atoms. The minimum absolute atomic E-state index is 0.0363. The SMILES string of the molecule is COc1cccc(OC)c1C(=O)N1CCC(Oc2nccs2)C1. The molecule has 23 heavy (non-hydrogen) atoms. The first-order chi connectivity index (χ1) is 11.2. The van der Waals surface area contributed by atoms with Crippen LogP contribution in [0.25, 0.3) is 0 Å². The zero-order valence-corrected chi connectivity index (χ0v) is 13.8. The van der Waals surface area contributed by atoms with Crippen molar-refractivity contribution >= 4 is 17.2 Å². The molecule has 1 fully saturated rings. The highest BCUT2D eigenvalue weighted by molar-refractivity contribution is 7.11. The van der Waals surface area contributed by atoms with Crippen molar-refractivity contribution in [2.45, 2.75) is 12.5 Å². The Morgan fingerprint density at radius 3 is 2.65 bits per heavy atom. The van der Waals surface area contributed by atoms with Gasteiger partial charge in [0.1, 0.15) is 23.2 Å². The maximum atomic E-state index is 12.9. The lowest BCUT2D eigenvalue weighted by atomic mass is 10.1. The standard InChI is InChI=1S/C16H18N2O4S/c1-20-12-4-3-5-13(21-2)14(12)15(19)18-8-6-11(10-18)22-16-17-7-9-23-16/h3-5,7,9,11H,6,8,10H2,1-2H3. The second-order valence-corrected chi connectivity index (χ2v) is 5.97. The molecule has 0 aliphatic carbocycles. The Morgan fingerprint density at radius 1 is 1.30 bits per heavy atom. The quantitative estimate of drug-likeness (QED) is 0.840. The van der Waals surface area contributed by atoms with Gasteiger partial charge < -0.3 is 19.1 Å². The van der Waals surface area contributed by atoms with Crippen molar-refractivity contribution in [3.63, 3.8) is 0 Å².